The summed E-state index contributed by atoms with van der Waals surface area (Å²) in [7, 11) is 0. The Hall–Kier alpha value is -13.9. The van der Waals surface area contributed by atoms with E-state index in [2.05, 4.69) is 66.3 Å². The molecule has 0 N–H and O–H groups in total. The first-order valence-corrected chi connectivity index (χ1v) is 41.2. The number of hydrogen-bond donors (Lipinski definition) is 0. The van der Waals surface area contributed by atoms with Gasteiger partial charge >= 0.3 is 167 Å². The van der Waals surface area contributed by atoms with Gasteiger partial charge in [-0.05, 0) is 97.3 Å². The Morgan fingerprint density at radius 3 is 0.852 bits per heavy atom. The summed E-state index contributed by atoms with van der Waals surface area (Å²) in [5, 5.41) is 0. The third kappa shape index (κ3) is 16.6. The molecule has 2 aromatic carbocycles. The van der Waals surface area contributed by atoms with E-state index in [0.717, 1.165) is 36.8 Å². The molecule has 128 heavy (non-hydrogen) atoms. The van der Waals surface area contributed by atoms with Gasteiger partial charge in [0.1, 0.15) is 0 Å². The van der Waals surface area contributed by atoms with Gasteiger partial charge < -0.3 is 66.3 Å². The second-order valence-corrected chi connectivity index (χ2v) is 34.8. The summed E-state index contributed by atoms with van der Waals surface area (Å²) in [6.07, 6.45) is 8.76. The molecule has 15 atom stereocenters. The van der Waals surface area contributed by atoms with Crippen LogP contribution in [0.3, 0.4) is 0 Å². The van der Waals surface area contributed by atoms with E-state index in [4.69, 9.17) is 0 Å². The summed E-state index contributed by atoms with van der Waals surface area (Å²) in [4.78, 5) is 319. The molecule has 8 aliphatic carbocycles. The van der Waals surface area contributed by atoms with Crippen molar-refractivity contribution < 1.29 is 201 Å². The van der Waals surface area contributed by atoms with Gasteiger partial charge in [-0.25, -0.2) is 0 Å². The van der Waals surface area contributed by atoms with Crippen LogP contribution in [0.4, 0.5) is 0 Å². The van der Waals surface area contributed by atoms with E-state index in [1.807, 2.05) is 24.3 Å². The second-order valence-electron chi connectivity index (χ2n) is 34.8. The molecule has 668 valence electrons. The third-order valence-corrected chi connectivity index (χ3v) is 27.7. The van der Waals surface area contributed by atoms with Gasteiger partial charge in [0.15, 0.2) is 0 Å². The fourth-order valence-corrected chi connectivity index (χ4v) is 21.8. The lowest BCUT2D eigenvalue weighted by Crippen LogP contribution is -2.53. The monoisotopic (exact) mass is 1780 g/mol. The number of fused-ring (bicyclic) bond motifs is 4. The summed E-state index contributed by atoms with van der Waals surface area (Å²) >= 11 is 0. The van der Waals surface area contributed by atoms with Crippen LogP contribution in [-0.4, -0.2) is 167 Å². The number of rotatable bonds is 6. The van der Waals surface area contributed by atoms with E-state index in [-0.39, 0.29) is 131 Å². The zero-order valence-electron chi connectivity index (χ0n) is 66.8. The molecule has 2 aromatic rings. The topological polar surface area (TPSA) is 607 Å². The van der Waals surface area contributed by atoms with Gasteiger partial charge in [0, 0.05) is 23.7 Å². The van der Waals surface area contributed by atoms with E-state index in [1.54, 1.807) is 36.4 Å². The fourth-order valence-electron chi connectivity index (χ4n) is 21.8. The van der Waals surface area contributed by atoms with Gasteiger partial charge in [-0.15, -0.1) is 0 Å². The number of allylic oxidation sites excluding steroid dienone is 2. The van der Waals surface area contributed by atoms with Crippen LogP contribution in [0.1, 0.15) is 174 Å². The average molecular weight is 1780 g/mol. The molecule has 0 amide bonds. The van der Waals surface area contributed by atoms with Crippen LogP contribution in [0.5, 0.6) is 0 Å². The van der Waals surface area contributed by atoms with Crippen molar-refractivity contribution in [2.75, 3.05) is 0 Å². The number of esters is 28. The SMILES string of the molecule is O=C1CC(C2CCC(C3CC(=O)OC3=O)CC2)C(=O)O1.O=C1CC(c2ccc(C3CC(=O)OC(=O)C3)cc2)CC(=O)O1.O=C1CC(c2ccc(C3CC(=O)OC3=O)cc2)C(=O)O1.O=C1CC2(CC(=O)O1)CC(=O)OC2=O.O=C1CC2(CC3CC2C(=O)OC3=O)C(=O)O1.O=C1OC(=O)C2C3C=CC(C12)C1C(=O)OC(=O)C31.O=C1OC(=O)C2C3CCC(C12)C1C(=O)OC(=O)C31. The first-order chi connectivity index (χ1) is 60.8. The summed E-state index contributed by atoms with van der Waals surface area (Å²) in [5.74, 6) is -25.3. The smallest absolute Gasteiger partial charge is 0.321 e. The Labute approximate surface area is 717 Å². The van der Waals surface area contributed by atoms with Crippen molar-refractivity contribution in [3.8, 4) is 0 Å². The number of cyclic esters (lactones) is 28. The van der Waals surface area contributed by atoms with Gasteiger partial charge in [0.05, 0.1) is 171 Å². The van der Waals surface area contributed by atoms with Crippen LogP contribution in [-0.2, 0) is 201 Å². The molecule has 42 heteroatoms. The van der Waals surface area contributed by atoms with E-state index in [1.165, 1.54) is 0 Å². The van der Waals surface area contributed by atoms with Gasteiger partial charge in [-0.3, -0.25) is 134 Å². The Bertz CT molecular complexity index is 5040. The highest BCUT2D eigenvalue weighted by Crippen LogP contribution is 2.61. The minimum Gasteiger partial charge on any atom is -0.393 e. The molecule has 14 saturated heterocycles. The van der Waals surface area contributed by atoms with E-state index < -0.39 is 261 Å². The van der Waals surface area contributed by atoms with Crippen molar-refractivity contribution in [3.63, 3.8) is 0 Å². The van der Waals surface area contributed by atoms with Gasteiger partial charge in [0.25, 0.3) is 0 Å². The summed E-state index contributed by atoms with van der Waals surface area (Å²) in [6, 6.07) is 14.0. The number of ether oxygens (including phenoxy) is 14. The van der Waals surface area contributed by atoms with Crippen LogP contribution in [0.15, 0.2) is 60.7 Å². The average Bonchev–Trinajstić information content (AvgIpc) is 1.54. The van der Waals surface area contributed by atoms with Crippen molar-refractivity contribution >= 4 is 167 Å². The highest BCUT2D eigenvalue weighted by atomic mass is 16.6. The van der Waals surface area contributed by atoms with E-state index in [9.17, 15) is 134 Å². The maximum Gasteiger partial charge on any atom is 0.321 e. The van der Waals surface area contributed by atoms with Crippen LogP contribution >= 0.6 is 0 Å². The zero-order chi connectivity index (χ0) is 91.3. The summed E-state index contributed by atoms with van der Waals surface area (Å²) in [5.41, 5.74) is 0.635. The molecule has 14 aliphatic heterocycles. The number of carbonyl (C=O) groups is 28. The molecule has 14 heterocycles. The van der Waals surface area contributed by atoms with Crippen LogP contribution < -0.4 is 0 Å². The largest absolute Gasteiger partial charge is 0.393 e. The summed E-state index contributed by atoms with van der Waals surface area (Å²) in [6.45, 7) is 0. The standard InChI is InChI=1S/C16H14O6.C14H16O6.C14H10O6.C12H10O6.C12H8O6.C10H8O6.C8H6O6/c17-13-5-11(6-14(18)21-13)9-1-2-10(4-3-9)12-7-15(19)22-16(20)8-12;2*15-11-5-9(13(17)19-11)7-1-2-8(4-3-7)10-6-12(16)20-14(10)18;2*13-9-5-3-1-2-4(7(5)11(15)17-9)8-6(3)10(14)18-12(8)16;11-6-3-10(9(14)15-6)2-4-1-5(10)8(13)16-7(4)12;9-4-1-8(2-5(10)13-4)3-6(11)14-7(8)12/h1-4,11-12H,5-8H2;7-10H,1-6H2;1-4,9-10H,5-6H2;3-8H,1-2H2;1-8H;4-5H,1-3H2;1-3H2. The molecule has 6 saturated carbocycles. The van der Waals surface area contributed by atoms with Crippen molar-refractivity contribution in [2.24, 2.45) is 117 Å². The number of benzene rings is 2. The Morgan fingerprint density at radius 2 is 0.531 bits per heavy atom. The second kappa shape index (κ2) is 34.1. The zero-order valence-corrected chi connectivity index (χ0v) is 66.8. The highest BCUT2D eigenvalue weighted by molar-refractivity contribution is 6.08. The molecule has 42 nitrogen and oxygen atoms in total. The lowest BCUT2D eigenvalue weighted by atomic mass is 9.51. The third-order valence-electron chi connectivity index (χ3n) is 27.7. The fraction of sp³-hybridized carbons (Fsp3) is 0.512. The predicted molar refractivity (Wildman–Crippen MR) is 388 cm³/mol. The van der Waals surface area contributed by atoms with E-state index >= 15 is 0 Å². The van der Waals surface area contributed by atoms with Crippen molar-refractivity contribution in [1.29, 1.82) is 0 Å². The first kappa shape index (κ1) is 87.6. The van der Waals surface area contributed by atoms with Crippen LogP contribution in [0.25, 0.3) is 0 Å². The minimum absolute atomic E-state index is 0.0299. The van der Waals surface area contributed by atoms with Gasteiger partial charge in [-0.1, -0.05) is 60.7 Å². The Kier molecular flexibility index (Phi) is 23.4. The number of carbonyl (C=O) groups excluding carboxylic acids is 28. The Balaban J connectivity index is 0.000000110. The highest BCUT2D eigenvalue weighted by Gasteiger charge is 2.71. The quantitative estimate of drug-likeness (QED) is 0.170. The lowest BCUT2D eigenvalue weighted by molar-refractivity contribution is -0.174. The molecule has 20 fully saturated rings. The molecular weight excluding hydrogens is 1700 g/mol. The maximum absolute atomic E-state index is 11.7. The minimum atomic E-state index is -1.29. The van der Waals surface area contributed by atoms with Gasteiger partial charge in [0.2, 0.25) is 0 Å². The molecule has 22 aliphatic rings. The molecule has 2 spiro atoms. The summed E-state index contributed by atoms with van der Waals surface area (Å²) < 4.78 is 63.5. The Morgan fingerprint density at radius 1 is 0.234 bits per heavy atom. The van der Waals surface area contributed by atoms with Gasteiger partial charge in [-0.2, -0.15) is 0 Å². The molecule has 0 radical (unpaired) electrons. The predicted octanol–water partition coefficient (Wildman–Crippen LogP) is 1.31. The van der Waals surface area contributed by atoms with Crippen molar-refractivity contribution in [1.82, 2.24) is 0 Å². The van der Waals surface area contributed by atoms with Crippen LogP contribution in [0.2, 0.25) is 0 Å². The van der Waals surface area contributed by atoms with Crippen molar-refractivity contribution in [3.05, 3.63) is 82.9 Å². The van der Waals surface area contributed by atoms with Crippen LogP contribution in [0, 0.1) is 117 Å². The molecule has 24 rings (SSSR count). The van der Waals surface area contributed by atoms with Crippen molar-refractivity contribution in [2.45, 2.75) is 152 Å². The molecule has 15 unspecified atom stereocenters. The molecule has 6 bridgehead atoms. The molecule has 0 aromatic heterocycles. The first-order valence-electron chi connectivity index (χ1n) is 41.2. The molecular formula is C86H72O42. The number of hydrogen-bond acceptors (Lipinski definition) is 42. The maximum atomic E-state index is 11.7. The lowest BCUT2D eigenvalue weighted by Gasteiger charge is -2.46. The normalized spacial score (nSPS) is 35.1. The van der Waals surface area contributed by atoms with E-state index in [0.29, 0.717) is 30.4 Å².